The van der Waals surface area contributed by atoms with Gasteiger partial charge in [-0.2, -0.15) is 5.10 Å². The van der Waals surface area contributed by atoms with E-state index in [9.17, 15) is 0 Å². The van der Waals surface area contributed by atoms with Crippen molar-refractivity contribution in [2.24, 2.45) is 0 Å². The zero-order valence-corrected chi connectivity index (χ0v) is 14.1. The molecule has 2 aromatic heterocycles. The number of ether oxygens (including phenoxy) is 1. The highest BCUT2D eigenvalue weighted by Crippen LogP contribution is 2.20. The molecule has 2 aliphatic heterocycles. The molecule has 128 valence electrons. The van der Waals surface area contributed by atoms with Gasteiger partial charge in [0.15, 0.2) is 5.82 Å². The summed E-state index contributed by atoms with van der Waals surface area (Å²) >= 11 is 0. The first kappa shape index (κ1) is 15.5. The predicted molar refractivity (Wildman–Crippen MR) is 91.5 cm³/mol. The molecule has 0 N–H and O–H groups in total. The van der Waals surface area contributed by atoms with E-state index in [1.165, 1.54) is 0 Å². The van der Waals surface area contributed by atoms with Gasteiger partial charge in [-0.15, -0.1) is 0 Å². The second-order valence-corrected chi connectivity index (χ2v) is 6.45. The number of rotatable bonds is 3. The van der Waals surface area contributed by atoms with Crippen molar-refractivity contribution in [3.8, 4) is 5.82 Å². The predicted octanol–water partition coefficient (Wildman–Crippen LogP) is 1.27. The van der Waals surface area contributed by atoms with Crippen molar-refractivity contribution in [1.82, 2.24) is 24.6 Å². The van der Waals surface area contributed by atoms with Gasteiger partial charge < -0.3 is 9.64 Å². The van der Waals surface area contributed by atoms with Crippen LogP contribution in [0.3, 0.4) is 0 Å². The molecule has 0 atom stereocenters. The maximum Gasteiger partial charge on any atom is 0.159 e. The first-order valence-electron chi connectivity index (χ1n) is 8.72. The quantitative estimate of drug-likeness (QED) is 0.846. The molecule has 4 heterocycles. The summed E-state index contributed by atoms with van der Waals surface area (Å²) in [6.07, 6.45) is 6.00. The van der Waals surface area contributed by atoms with Crippen LogP contribution < -0.4 is 4.90 Å². The molecule has 0 spiro atoms. The van der Waals surface area contributed by atoms with Gasteiger partial charge in [-0.05, 0) is 25.8 Å². The van der Waals surface area contributed by atoms with Crippen molar-refractivity contribution in [2.45, 2.75) is 25.8 Å². The molecule has 2 fully saturated rings. The van der Waals surface area contributed by atoms with Gasteiger partial charge in [0.2, 0.25) is 0 Å². The lowest BCUT2D eigenvalue weighted by Crippen LogP contribution is -2.51. The summed E-state index contributed by atoms with van der Waals surface area (Å²) in [6.45, 7) is 7.94. The Morgan fingerprint density at radius 1 is 1.04 bits per heavy atom. The highest BCUT2D eigenvalue weighted by atomic mass is 16.5. The lowest BCUT2D eigenvalue weighted by Gasteiger charge is -2.41. The molecule has 0 aliphatic carbocycles. The SMILES string of the molecule is Cc1nc(N2CCN(C3CCOCC3)CC2)cc(-n2cccn2)n1. The number of piperazine rings is 1. The van der Waals surface area contributed by atoms with Gasteiger partial charge in [0, 0.05) is 63.9 Å². The summed E-state index contributed by atoms with van der Waals surface area (Å²) in [5.41, 5.74) is 0. The molecule has 24 heavy (non-hydrogen) atoms. The van der Waals surface area contributed by atoms with Crippen LogP contribution in [0.2, 0.25) is 0 Å². The Morgan fingerprint density at radius 2 is 1.79 bits per heavy atom. The monoisotopic (exact) mass is 328 g/mol. The van der Waals surface area contributed by atoms with Gasteiger partial charge >= 0.3 is 0 Å². The second kappa shape index (κ2) is 6.86. The van der Waals surface area contributed by atoms with Gasteiger partial charge in [-0.25, -0.2) is 14.6 Å². The van der Waals surface area contributed by atoms with Crippen LogP contribution in [0.1, 0.15) is 18.7 Å². The van der Waals surface area contributed by atoms with Gasteiger partial charge in [-0.3, -0.25) is 4.90 Å². The van der Waals surface area contributed by atoms with E-state index in [0.29, 0.717) is 6.04 Å². The zero-order valence-electron chi connectivity index (χ0n) is 14.1. The number of anilines is 1. The minimum Gasteiger partial charge on any atom is -0.381 e. The summed E-state index contributed by atoms with van der Waals surface area (Å²) in [6, 6.07) is 4.63. The average Bonchev–Trinajstić information content (AvgIpc) is 3.17. The van der Waals surface area contributed by atoms with E-state index >= 15 is 0 Å². The molecule has 7 nitrogen and oxygen atoms in total. The van der Waals surface area contributed by atoms with E-state index in [1.54, 1.807) is 10.9 Å². The molecule has 7 heteroatoms. The third kappa shape index (κ3) is 3.27. The summed E-state index contributed by atoms with van der Waals surface area (Å²) in [5.74, 6) is 2.61. The van der Waals surface area contributed by atoms with E-state index in [4.69, 9.17) is 4.74 Å². The van der Waals surface area contributed by atoms with E-state index in [0.717, 1.165) is 69.7 Å². The van der Waals surface area contributed by atoms with Crippen LogP contribution in [0.4, 0.5) is 5.82 Å². The summed E-state index contributed by atoms with van der Waals surface area (Å²) in [5, 5.41) is 4.27. The Hall–Kier alpha value is -1.99. The smallest absolute Gasteiger partial charge is 0.159 e. The summed E-state index contributed by atoms with van der Waals surface area (Å²) in [7, 11) is 0. The molecule has 4 rings (SSSR count). The van der Waals surface area contributed by atoms with E-state index in [-0.39, 0.29) is 0 Å². The third-order valence-electron chi connectivity index (χ3n) is 4.90. The van der Waals surface area contributed by atoms with Crippen molar-refractivity contribution < 1.29 is 4.74 Å². The van der Waals surface area contributed by atoms with Gasteiger partial charge in [0.25, 0.3) is 0 Å². The van der Waals surface area contributed by atoms with Crippen molar-refractivity contribution in [3.63, 3.8) is 0 Å². The molecule has 2 aliphatic rings. The molecular weight excluding hydrogens is 304 g/mol. The number of hydrogen-bond donors (Lipinski definition) is 0. The maximum atomic E-state index is 5.48. The Bertz CT molecular complexity index is 660. The van der Waals surface area contributed by atoms with Crippen molar-refractivity contribution in [1.29, 1.82) is 0 Å². The first-order valence-corrected chi connectivity index (χ1v) is 8.72. The van der Waals surface area contributed by atoms with Gasteiger partial charge in [-0.1, -0.05) is 0 Å². The number of nitrogens with zero attached hydrogens (tertiary/aromatic N) is 6. The van der Waals surface area contributed by atoms with Crippen molar-refractivity contribution in [2.75, 3.05) is 44.3 Å². The van der Waals surface area contributed by atoms with Gasteiger partial charge in [0.1, 0.15) is 11.6 Å². The molecule has 2 aromatic rings. The number of hydrogen-bond acceptors (Lipinski definition) is 6. The standard InChI is InChI=1S/C17H24N6O/c1-14-19-16(13-17(20-14)23-6-2-5-18-23)22-9-7-21(8-10-22)15-3-11-24-12-4-15/h2,5-6,13,15H,3-4,7-12H2,1H3. The fourth-order valence-electron chi connectivity index (χ4n) is 3.59. The number of aromatic nitrogens is 4. The van der Waals surface area contributed by atoms with E-state index < -0.39 is 0 Å². The Morgan fingerprint density at radius 3 is 2.50 bits per heavy atom. The lowest BCUT2D eigenvalue weighted by molar-refractivity contribution is 0.0321. The molecule has 0 bridgehead atoms. The van der Waals surface area contributed by atoms with E-state index in [1.807, 2.05) is 25.3 Å². The normalized spacial score (nSPS) is 20.5. The minimum absolute atomic E-state index is 0.688. The Kier molecular flexibility index (Phi) is 4.44. The summed E-state index contributed by atoms with van der Waals surface area (Å²) < 4.78 is 7.27. The van der Waals surface area contributed by atoms with Gasteiger partial charge in [0.05, 0.1) is 0 Å². The van der Waals surface area contributed by atoms with Crippen LogP contribution in [0.5, 0.6) is 0 Å². The summed E-state index contributed by atoms with van der Waals surface area (Å²) in [4.78, 5) is 14.1. The topological polar surface area (TPSA) is 59.3 Å². The largest absolute Gasteiger partial charge is 0.381 e. The lowest BCUT2D eigenvalue weighted by atomic mass is 10.1. The zero-order chi connectivity index (χ0) is 16.4. The van der Waals surface area contributed by atoms with Crippen LogP contribution in [-0.4, -0.2) is 70.1 Å². The molecule has 0 aromatic carbocycles. The Balaban J connectivity index is 1.45. The van der Waals surface area contributed by atoms with Crippen LogP contribution in [0.25, 0.3) is 5.82 Å². The number of aryl methyl sites for hydroxylation is 1. The molecule has 2 saturated heterocycles. The minimum atomic E-state index is 0.688. The molecule has 0 saturated carbocycles. The average molecular weight is 328 g/mol. The van der Waals surface area contributed by atoms with Crippen LogP contribution >= 0.6 is 0 Å². The fraction of sp³-hybridized carbons (Fsp3) is 0.588. The highest BCUT2D eigenvalue weighted by molar-refractivity contribution is 5.44. The van der Waals surface area contributed by atoms with E-state index in [2.05, 4.69) is 24.9 Å². The van der Waals surface area contributed by atoms with Crippen molar-refractivity contribution >= 4 is 5.82 Å². The van der Waals surface area contributed by atoms with Crippen molar-refractivity contribution in [3.05, 3.63) is 30.4 Å². The van der Waals surface area contributed by atoms with Crippen LogP contribution in [0, 0.1) is 6.92 Å². The molecule has 0 unspecified atom stereocenters. The molecular formula is C17H24N6O. The molecule has 0 radical (unpaired) electrons. The fourth-order valence-corrected chi connectivity index (χ4v) is 3.59. The Labute approximate surface area is 142 Å². The second-order valence-electron chi connectivity index (χ2n) is 6.45. The maximum absolute atomic E-state index is 5.48. The highest BCUT2D eigenvalue weighted by Gasteiger charge is 2.26. The van der Waals surface area contributed by atoms with Crippen LogP contribution in [0.15, 0.2) is 24.5 Å². The third-order valence-corrected chi connectivity index (χ3v) is 4.90. The van der Waals surface area contributed by atoms with Crippen LogP contribution in [-0.2, 0) is 4.74 Å². The first-order chi connectivity index (χ1) is 11.8. The molecule has 0 amide bonds.